The van der Waals surface area contributed by atoms with Gasteiger partial charge in [0, 0.05) is 16.8 Å². The fourth-order valence-corrected chi connectivity index (χ4v) is 2.80. The van der Waals surface area contributed by atoms with E-state index in [-0.39, 0.29) is 6.61 Å². The lowest BCUT2D eigenvalue weighted by Crippen LogP contribution is -2.20. The summed E-state index contributed by atoms with van der Waals surface area (Å²) in [6.45, 7) is -0.210. The van der Waals surface area contributed by atoms with Crippen molar-refractivity contribution in [2.75, 3.05) is 19.0 Å². The fourth-order valence-electron chi connectivity index (χ4n) is 2.80. The molecule has 0 fully saturated rings. The molecule has 1 aromatic heterocycles. The van der Waals surface area contributed by atoms with Gasteiger partial charge in [-0.15, -0.1) is 0 Å². The Hall–Kier alpha value is -4.20. The Morgan fingerprint density at radius 3 is 2.42 bits per heavy atom. The van der Waals surface area contributed by atoms with E-state index in [1.165, 1.54) is 18.2 Å². The molecule has 4 aromatic rings. The first kappa shape index (κ1) is 20.1. The molecule has 0 spiro atoms. The van der Waals surface area contributed by atoms with E-state index in [0.29, 0.717) is 28.7 Å². The van der Waals surface area contributed by atoms with Gasteiger partial charge in [0.15, 0.2) is 6.61 Å². The summed E-state index contributed by atoms with van der Waals surface area (Å²) in [6, 6.07) is 19.9. The highest BCUT2D eigenvalue weighted by molar-refractivity contribution is 5.91. The van der Waals surface area contributed by atoms with Crippen molar-refractivity contribution in [2.24, 2.45) is 0 Å². The number of hydrogen-bond acceptors (Lipinski definition) is 6. The first-order valence-corrected chi connectivity index (χ1v) is 9.37. The van der Waals surface area contributed by atoms with E-state index in [1.54, 1.807) is 37.4 Å². The number of anilines is 1. The molecule has 0 saturated carbocycles. The summed E-state index contributed by atoms with van der Waals surface area (Å²) in [5.74, 6) is 1.25. The van der Waals surface area contributed by atoms with Gasteiger partial charge in [-0.1, -0.05) is 11.2 Å². The average molecular weight is 419 g/mol. The standard InChI is InChI=1S/C23H18FN3O4/c1-29-19-9-5-15(6-10-19)22-26-23(31-27-22)16-7-11-20(12-8-16)30-14-21(28)25-18-4-2-3-17(24)13-18/h2-13H,14H2,1H3,(H,25,28). The van der Waals surface area contributed by atoms with Crippen LogP contribution in [0.2, 0.25) is 0 Å². The molecule has 1 N–H and O–H groups in total. The number of methoxy groups -OCH3 is 1. The topological polar surface area (TPSA) is 86.5 Å². The Morgan fingerprint density at radius 2 is 1.71 bits per heavy atom. The van der Waals surface area contributed by atoms with Crippen LogP contribution in [0.3, 0.4) is 0 Å². The van der Waals surface area contributed by atoms with E-state index >= 15 is 0 Å². The third-order valence-corrected chi connectivity index (χ3v) is 4.35. The van der Waals surface area contributed by atoms with Crippen molar-refractivity contribution in [2.45, 2.75) is 0 Å². The molecule has 7 nitrogen and oxygen atoms in total. The maximum Gasteiger partial charge on any atom is 0.262 e. The number of nitrogens with one attached hydrogen (secondary N) is 1. The van der Waals surface area contributed by atoms with E-state index in [4.69, 9.17) is 14.0 Å². The second-order valence-corrected chi connectivity index (χ2v) is 6.52. The lowest BCUT2D eigenvalue weighted by Gasteiger charge is -2.07. The van der Waals surface area contributed by atoms with Gasteiger partial charge in [-0.05, 0) is 66.7 Å². The van der Waals surface area contributed by atoms with Gasteiger partial charge >= 0.3 is 0 Å². The summed E-state index contributed by atoms with van der Waals surface area (Å²) in [6.07, 6.45) is 0. The van der Waals surface area contributed by atoms with E-state index < -0.39 is 11.7 Å². The van der Waals surface area contributed by atoms with Gasteiger partial charge in [0.1, 0.15) is 17.3 Å². The quantitative estimate of drug-likeness (QED) is 0.472. The summed E-state index contributed by atoms with van der Waals surface area (Å²) >= 11 is 0. The molecular weight excluding hydrogens is 401 g/mol. The number of amides is 1. The molecule has 31 heavy (non-hydrogen) atoms. The number of rotatable bonds is 7. The van der Waals surface area contributed by atoms with Crippen molar-refractivity contribution in [3.63, 3.8) is 0 Å². The Bertz CT molecular complexity index is 1170. The predicted molar refractivity (Wildman–Crippen MR) is 112 cm³/mol. The van der Waals surface area contributed by atoms with Crippen molar-refractivity contribution < 1.29 is 23.2 Å². The molecule has 0 unspecified atom stereocenters. The van der Waals surface area contributed by atoms with Crippen LogP contribution < -0.4 is 14.8 Å². The van der Waals surface area contributed by atoms with Crippen LogP contribution in [0, 0.1) is 5.82 Å². The summed E-state index contributed by atoms with van der Waals surface area (Å²) in [7, 11) is 1.60. The van der Waals surface area contributed by atoms with Crippen LogP contribution in [0.4, 0.5) is 10.1 Å². The predicted octanol–water partition coefficient (Wildman–Crippen LogP) is 4.57. The van der Waals surface area contributed by atoms with Crippen molar-refractivity contribution in [3.8, 4) is 34.3 Å². The largest absolute Gasteiger partial charge is 0.497 e. The van der Waals surface area contributed by atoms with Gasteiger partial charge in [-0.25, -0.2) is 4.39 Å². The van der Waals surface area contributed by atoms with Gasteiger partial charge < -0.3 is 19.3 Å². The van der Waals surface area contributed by atoms with Gasteiger partial charge in [-0.3, -0.25) is 4.79 Å². The zero-order valence-electron chi connectivity index (χ0n) is 16.5. The Labute approximate surface area is 177 Å². The first-order chi connectivity index (χ1) is 15.1. The van der Waals surface area contributed by atoms with Crippen LogP contribution in [0.1, 0.15) is 0 Å². The average Bonchev–Trinajstić information content (AvgIpc) is 3.28. The number of aromatic nitrogens is 2. The first-order valence-electron chi connectivity index (χ1n) is 9.37. The van der Waals surface area contributed by atoms with E-state index in [2.05, 4.69) is 15.5 Å². The maximum atomic E-state index is 13.2. The van der Waals surface area contributed by atoms with E-state index in [1.807, 2.05) is 24.3 Å². The highest BCUT2D eigenvalue weighted by atomic mass is 19.1. The van der Waals surface area contributed by atoms with Crippen LogP contribution >= 0.6 is 0 Å². The molecule has 0 bridgehead atoms. The van der Waals surface area contributed by atoms with Crippen molar-refractivity contribution in [3.05, 3.63) is 78.6 Å². The molecular formula is C23H18FN3O4. The minimum absolute atomic E-state index is 0.210. The smallest absolute Gasteiger partial charge is 0.262 e. The van der Waals surface area contributed by atoms with Gasteiger partial charge in [-0.2, -0.15) is 4.98 Å². The van der Waals surface area contributed by atoms with Crippen LogP contribution in [-0.2, 0) is 4.79 Å². The second-order valence-electron chi connectivity index (χ2n) is 6.52. The molecule has 0 radical (unpaired) electrons. The number of hydrogen-bond donors (Lipinski definition) is 1. The zero-order chi connectivity index (χ0) is 21.6. The molecule has 1 amide bonds. The molecule has 0 aliphatic heterocycles. The second kappa shape index (κ2) is 9.08. The molecule has 0 aliphatic rings. The fraction of sp³-hybridized carbons (Fsp3) is 0.0870. The molecule has 8 heteroatoms. The summed E-state index contributed by atoms with van der Waals surface area (Å²) < 4.78 is 29.1. The lowest BCUT2D eigenvalue weighted by molar-refractivity contribution is -0.118. The van der Waals surface area contributed by atoms with Crippen molar-refractivity contribution in [1.29, 1.82) is 0 Å². The Kier molecular flexibility index (Phi) is 5.89. The minimum Gasteiger partial charge on any atom is -0.497 e. The van der Waals surface area contributed by atoms with Crippen molar-refractivity contribution >= 4 is 11.6 Å². The zero-order valence-corrected chi connectivity index (χ0v) is 16.5. The third kappa shape index (κ3) is 5.05. The highest BCUT2D eigenvalue weighted by Gasteiger charge is 2.11. The van der Waals surface area contributed by atoms with Crippen LogP contribution in [0.5, 0.6) is 11.5 Å². The maximum absolute atomic E-state index is 13.2. The van der Waals surface area contributed by atoms with Gasteiger partial charge in [0.25, 0.3) is 11.8 Å². The molecule has 156 valence electrons. The number of nitrogens with zero attached hydrogens (tertiary/aromatic N) is 2. The molecule has 4 rings (SSSR count). The number of benzene rings is 3. The summed E-state index contributed by atoms with van der Waals surface area (Å²) in [5.41, 5.74) is 1.89. The highest BCUT2D eigenvalue weighted by Crippen LogP contribution is 2.25. The Morgan fingerprint density at radius 1 is 1.00 bits per heavy atom. The molecule has 0 aliphatic carbocycles. The number of ether oxygens (including phenoxy) is 2. The molecule has 1 heterocycles. The van der Waals surface area contributed by atoms with Gasteiger partial charge in [0.2, 0.25) is 5.82 Å². The van der Waals surface area contributed by atoms with Crippen molar-refractivity contribution in [1.82, 2.24) is 10.1 Å². The van der Waals surface area contributed by atoms with E-state index in [0.717, 1.165) is 11.3 Å². The molecule has 3 aromatic carbocycles. The normalized spacial score (nSPS) is 10.5. The number of halogens is 1. The van der Waals surface area contributed by atoms with Crippen LogP contribution in [0.15, 0.2) is 77.3 Å². The Balaban J connectivity index is 1.36. The third-order valence-electron chi connectivity index (χ3n) is 4.35. The van der Waals surface area contributed by atoms with Crippen LogP contribution in [-0.4, -0.2) is 29.8 Å². The molecule has 0 atom stereocenters. The number of carbonyl (C=O) groups is 1. The van der Waals surface area contributed by atoms with Crippen LogP contribution in [0.25, 0.3) is 22.8 Å². The SMILES string of the molecule is COc1ccc(-c2noc(-c3ccc(OCC(=O)Nc4cccc(F)c4)cc3)n2)cc1. The molecule has 0 saturated heterocycles. The minimum atomic E-state index is -0.425. The summed E-state index contributed by atoms with van der Waals surface area (Å²) in [4.78, 5) is 16.4. The monoisotopic (exact) mass is 419 g/mol. The number of carbonyl (C=O) groups excluding carboxylic acids is 1. The van der Waals surface area contributed by atoms with Gasteiger partial charge in [0.05, 0.1) is 7.11 Å². The lowest BCUT2D eigenvalue weighted by atomic mass is 10.2. The van der Waals surface area contributed by atoms with E-state index in [9.17, 15) is 9.18 Å². The summed E-state index contributed by atoms with van der Waals surface area (Å²) in [5, 5.41) is 6.58.